The molecule has 26 heavy (non-hydrogen) atoms. The highest BCUT2D eigenvalue weighted by Crippen LogP contribution is 2.29. The molecule has 7 heteroatoms. The van der Waals surface area contributed by atoms with Gasteiger partial charge in [0.15, 0.2) is 17.3 Å². The minimum absolute atomic E-state index is 0.239. The highest BCUT2D eigenvalue weighted by atomic mass is 79.9. The second-order valence-corrected chi connectivity index (χ2v) is 7.87. The van der Waals surface area contributed by atoms with Crippen molar-refractivity contribution in [1.29, 1.82) is 0 Å². The zero-order valence-electron chi connectivity index (χ0n) is 15.2. The number of amides is 1. The Kier molecular flexibility index (Phi) is 6.29. The van der Waals surface area contributed by atoms with Crippen molar-refractivity contribution in [1.82, 2.24) is 15.2 Å². The number of ether oxygens (including phenoxy) is 1. The molecule has 1 saturated carbocycles. The van der Waals surface area contributed by atoms with Crippen LogP contribution >= 0.6 is 15.9 Å². The molecule has 2 aromatic rings. The maximum atomic E-state index is 12.6. The van der Waals surface area contributed by atoms with E-state index in [2.05, 4.69) is 36.4 Å². The summed E-state index contributed by atoms with van der Waals surface area (Å²) in [6.07, 6.45) is 7.93. The van der Waals surface area contributed by atoms with Crippen LogP contribution in [0.2, 0.25) is 0 Å². The second kappa shape index (κ2) is 8.66. The van der Waals surface area contributed by atoms with Crippen molar-refractivity contribution in [3.63, 3.8) is 0 Å². The summed E-state index contributed by atoms with van der Waals surface area (Å²) in [5.74, 6) is 1.53. The van der Waals surface area contributed by atoms with Crippen molar-refractivity contribution in [3.05, 3.63) is 34.2 Å². The number of hydrogen-bond acceptors (Lipinski definition) is 4. The SMILES string of the molecule is CC(C)c1[nH]nc(C(=O)Nc2ncccc2OCC2CCCCC2)c1Br. The fourth-order valence-corrected chi connectivity index (χ4v) is 4.02. The first-order valence-corrected chi connectivity index (χ1v) is 9.98. The summed E-state index contributed by atoms with van der Waals surface area (Å²) >= 11 is 3.46. The Bertz CT molecular complexity index is 754. The minimum Gasteiger partial charge on any atom is -0.489 e. The number of nitrogens with zero attached hydrogens (tertiary/aromatic N) is 2. The number of rotatable bonds is 6. The Morgan fingerprint density at radius 1 is 1.38 bits per heavy atom. The molecule has 2 aromatic heterocycles. The van der Waals surface area contributed by atoms with Gasteiger partial charge in [-0.05, 0) is 52.7 Å². The van der Waals surface area contributed by atoms with Crippen molar-refractivity contribution >= 4 is 27.7 Å². The van der Waals surface area contributed by atoms with Gasteiger partial charge in [0, 0.05) is 6.20 Å². The van der Waals surface area contributed by atoms with Gasteiger partial charge in [0.1, 0.15) is 0 Å². The highest BCUT2D eigenvalue weighted by molar-refractivity contribution is 9.10. The van der Waals surface area contributed by atoms with Crippen molar-refractivity contribution in [2.45, 2.75) is 51.9 Å². The Balaban J connectivity index is 1.68. The number of anilines is 1. The molecule has 0 radical (unpaired) electrons. The van der Waals surface area contributed by atoms with E-state index in [9.17, 15) is 4.79 Å². The zero-order valence-corrected chi connectivity index (χ0v) is 16.8. The zero-order chi connectivity index (χ0) is 18.5. The Morgan fingerprint density at radius 2 is 2.15 bits per heavy atom. The van der Waals surface area contributed by atoms with E-state index in [1.54, 1.807) is 6.20 Å². The van der Waals surface area contributed by atoms with E-state index in [1.807, 2.05) is 26.0 Å². The first kappa shape index (κ1) is 18.9. The number of halogens is 1. The van der Waals surface area contributed by atoms with Crippen LogP contribution in [-0.4, -0.2) is 27.7 Å². The molecular formula is C19H25BrN4O2. The summed E-state index contributed by atoms with van der Waals surface area (Å²) in [5.41, 5.74) is 1.21. The third-order valence-corrected chi connectivity index (χ3v) is 5.53. The number of H-pyrrole nitrogens is 1. The molecule has 0 bridgehead atoms. The van der Waals surface area contributed by atoms with Crippen LogP contribution in [0.25, 0.3) is 0 Å². The van der Waals surface area contributed by atoms with Crippen molar-refractivity contribution < 1.29 is 9.53 Å². The third kappa shape index (κ3) is 4.44. The number of nitrogens with one attached hydrogen (secondary N) is 2. The predicted octanol–water partition coefficient (Wildman–Crippen LogP) is 4.90. The largest absolute Gasteiger partial charge is 0.489 e. The molecule has 0 unspecified atom stereocenters. The first-order chi connectivity index (χ1) is 12.6. The molecule has 0 aromatic carbocycles. The molecule has 2 heterocycles. The third-order valence-electron chi connectivity index (χ3n) is 4.73. The topological polar surface area (TPSA) is 79.9 Å². The van der Waals surface area contributed by atoms with Crippen LogP contribution in [0.15, 0.2) is 22.8 Å². The van der Waals surface area contributed by atoms with E-state index in [0.717, 1.165) is 5.69 Å². The van der Waals surface area contributed by atoms with E-state index < -0.39 is 0 Å². The lowest BCUT2D eigenvalue weighted by molar-refractivity contribution is 0.102. The molecular weight excluding hydrogens is 396 g/mol. The summed E-state index contributed by atoms with van der Waals surface area (Å²) < 4.78 is 6.66. The van der Waals surface area contributed by atoms with Crippen LogP contribution in [0.5, 0.6) is 5.75 Å². The smallest absolute Gasteiger partial charge is 0.278 e. The van der Waals surface area contributed by atoms with Crippen molar-refractivity contribution in [2.75, 3.05) is 11.9 Å². The van der Waals surface area contributed by atoms with Gasteiger partial charge >= 0.3 is 0 Å². The van der Waals surface area contributed by atoms with Gasteiger partial charge in [-0.15, -0.1) is 0 Å². The van der Waals surface area contributed by atoms with Crippen molar-refractivity contribution in [3.8, 4) is 5.75 Å². The average Bonchev–Trinajstić information content (AvgIpc) is 3.03. The summed E-state index contributed by atoms with van der Waals surface area (Å²) in [6.45, 7) is 4.74. The molecule has 0 atom stereocenters. The fourth-order valence-electron chi connectivity index (χ4n) is 3.20. The monoisotopic (exact) mass is 420 g/mol. The molecule has 1 aliphatic rings. The van der Waals surface area contributed by atoms with E-state index in [-0.39, 0.29) is 11.8 Å². The maximum Gasteiger partial charge on any atom is 0.278 e. The van der Waals surface area contributed by atoms with E-state index in [4.69, 9.17) is 4.74 Å². The van der Waals surface area contributed by atoms with E-state index >= 15 is 0 Å². The Morgan fingerprint density at radius 3 is 2.85 bits per heavy atom. The summed E-state index contributed by atoms with van der Waals surface area (Å²) in [6, 6.07) is 3.65. The van der Waals surface area contributed by atoms with Gasteiger partial charge in [-0.3, -0.25) is 9.89 Å². The lowest BCUT2D eigenvalue weighted by atomic mass is 9.90. The molecule has 1 fully saturated rings. The Labute approximate surface area is 162 Å². The number of carbonyl (C=O) groups is 1. The molecule has 0 saturated heterocycles. The molecule has 140 valence electrons. The van der Waals surface area contributed by atoms with Gasteiger partial charge in [-0.2, -0.15) is 5.10 Å². The number of hydrogen-bond donors (Lipinski definition) is 2. The van der Waals surface area contributed by atoms with Crippen LogP contribution in [0, 0.1) is 5.92 Å². The minimum atomic E-state index is -0.318. The molecule has 6 nitrogen and oxygen atoms in total. The summed E-state index contributed by atoms with van der Waals surface area (Å²) in [7, 11) is 0. The molecule has 1 amide bonds. The molecule has 0 spiro atoms. The van der Waals surface area contributed by atoms with Gasteiger partial charge in [0.2, 0.25) is 0 Å². The lowest BCUT2D eigenvalue weighted by Gasteiger charge is -2.22. The second-order valence-electron chi connectivity index (χ2n) is 7.07. The predicted molar refractivity (Wildman–Crippen MR) is 105 cm³/mol. The molecule has 2 N–H and O–H groups in total. The number of aromatic amines is 1. The van der Waals surface area contributed by atoms with E-state index in [1.165, 1.54) is 32.1 Å². The van der Waals surface area contributed by atoms with Crippen LogP contribution in [-0.2, 0) is 0 Å². The van der Waals surface area contributed by atoms with Crippen LogP contribution in [0.3, 0.4) is 0 Å². The van der Waals surface area contributed by atoms with Gasteiger partial charge in [-0.1, -0.05) is 33.1 Å². The number of carbonyl (C=O) groups excluding carboxylic acids is 1. The maximum absolute atomic E-state index is 12.6. The van der Waals surface area contributed by atoms with Crippen LogP contribution in [0.1, 0.15) is 68.1 Å². The lowest BCUT2D eigenvalue weighted by Crippen LogP contribution is -2.18. The fraction of sp³-hybridized carbons (Fsp3) is 0.526. The molecule has 1 aliphatic carbocycles. The van der Waals surface area contributed by atoms with Gasteiger partial charge in [-0.25, -0.2) is 4.98 Å². The van der Waals surface area contributed by atoms with Gasteiger partial charge < -0.3 is 10.1 Å². The summed E-state index contributed by atoms with van der Waals surface area (Å²) in [4.78, 5) is 16.9. The average molecular weight is 421 g/mol. The van der Waals surface area contributed by atoms with Crippen LogP contribution in [0.4, 0.5) is 5.82 Å². The first-order valence-electron chi connectivity index (χ1n) is 9.19. The van der Waals surface area contributed by atoms with Gasteiger partial charge in [0.25, 0.3) is 5.91 Å². The number of aromatic nitrogens is 3. The quantitative estimate of drug-likeness (QED) is 0.695. The summed E-state index contributed by atoms with van der Waals surface area (Å²) in [5, 5.41) is 9.86. The van der Waals surface area contributed by atoms with Crippen LogP contribution < -0.4 is 10.1 Å². The number of pyridine rings is 1. The van der Waals surface area contributed by atoms with Gasteiger partial charge in [0.05, 0.1) is 16.8 Å². The Hall–Kier alpha value is -1.89. The van der Waals surface area contributed by atoms with Crippen molar-refractivity contribution in [2.24, 2.45) is 5.92 Å². The highest BCUT2D eigenvalue weighted by Gasteiger charge is 2.21. The molecule has 3 rings (SSSR count). The molecule has 0 aliphatic heterocycles. The van der Waals surface area contributed by atoms with E-state index in [0.29, 0.717) is 34.3 Å². The normalized spacial score (nSPS) is 15.2. The standard InChI is InChI=1S/C19H25BrN4O2/c1-12(2)16-15(20)17(24-23-16)19(25)22-18-14(9-6-10-21-18)26-11-13-7-4-3-5-8-13/h6,9-10,12-13H,3-5,7-8,11H2,1-2H3,(H,23,24)(H,21,22,25).